The summed E-state index contributed by atoms with van der Waals surface area (Å²) in [6, 6.07) is 0. The van der Waals surface area contributed by atoms with E-state index in [2.05, 4.69) is 0 Å². The molecule has 1 amide bonds. The fourth-order valence-corrected chi connectivity index (χ4v) is 1.22. The largest absolute Gasteiger partial charge is 0.465 e. The minimum absolute atomic E-state index is 0.109. The Morgan fingerprint density at radius 1 is 1.67 bits per heavy atom. The fourth-order valence-electron chi connectivity index (χ4n) is 1.03. The van der Waals surface area contributed by atoms with Crippen molar-refractivity contribution in [2.45, 2.75) is 6.42 Å². The Labute approximate surface area is 74.4 Å². The highest BCUT2D eigenvalue weighted by Crippen LogP contribution is 2.19. The second-order valence-electron chi connectivity index (χ2n) is 2.50. The van der Waals surface area contributed by atoms with Crippen LogP contribution in [0.5, 0.6) is 0 Å². The van der Waals surface area contributed by atoms with Gasteiger partial charge in [0.2, 0.25) is 0 Å². The highest BCUT2D eigenvalue weighted by atomic mass is 35.5. The first-order chi connectivity index (χ1) is 5.65. The van der Waals surface area contributed by atoms with E-state index in [0.29, 0.717) is 29.9 Å². The normalized spacial score (nSPS) is 17.9. The van der Waals surface area contributed by atoms with Crippen molar-refractivity contribution in [2.24, 2.45) is 0 Å². The summed E-state index contributed by atoms with van der Waals surface area (Å²) in [5, 5.41) is 9.06. The Hall–Kier alpha value is -1.03. The lowest BCUT2D eigenvalue weighted by molar-refractivity contribution is -0.105. The molecule has 0 fully saturated rings. The summed E-state index contributed by atoms with van der Waals surface area (Å²) >= 11 is 5.68. The Morgan fingerprint density at radius 3 is 2.83 bits per heavy atom. The van der Waals surface area contributed by atoms with E-state index in [1.807, 2.05) is 0 Å². The third kappa shape index (κ3) is 1.76. The van der Waals surface area contributed by atoms with Gasteiger partial charge in [0.1, 0.15) is 6.29 Å². The maximum absolute atomic E-state index is 10.5. The van der Waals surface area contributed by atoms with Gasteiger partial charge in [0.15, 0.2) is 0 Å². The van der Waals surface area contributed by atoms with Gasteiger partial charge in [0.25, 0.3) is 0 Å². The van der Waals surface area contributed by atoms with Crippen LogP contribution in [0.1, 0.15) is 6.42 Å². The SMILES string of the molecule is O=CC1=C(Cl)CCN(C(=O)O)C1. The van der Waals surface area contributed by atoms with Gasteiger partial charge in [0.05, 0.1) is 6.54 Å². The van der Waals surface area contributed by atoms with Crippen LogP contribution in [0.4, 0.5) is 4.79 Å². The van der Waals surface area contributed by atoms with E-state index in [-0.39, 0.29) is 6.54 Å². The molecule has 0 aromatic carbocycles. The average Bonchev–Trinajstić information content (AvgIpc) is 2.05. The zero-order valence-electron chi connectivity index (χ0n) is 6.29. The zero-order chi connectivity index (χ0) is 9.14. The third-order valence-electron chi connectivity index (χ3n) is 1.72. The quantitative estimate of drug-likeness (QED) is 0.628. The first-order valence-corrected chi connectivity index (χ1v) is 3.83. The molecule has 0 unspecified atom stereocenters. The highest BCUT2D eigenvalue weighted by molar-refractivity contribution is 6.31. The summed E-state index contributed by atoms with van der Waals surface area (Å²) in [6.07, 6.45) is 0.0258. The molecule has 0 aromatic heterocycles. The molecule has 0 spiro atoms. The molecule has 0 aromatic rings. The molecule has 5 heteroatoms. The van der Waals surface area contributed by atoms with Crippen LogP contribution in [0, 0.1) is 0 Å². The summed E-state index contributed by atoms with van der Waals surface area (Å²) in [5.74, 6) is 0. The lowest BCUT2D eigenvalue weighted by Gasteiger charge is -2.23. The van der Waals surface area contributed by atoms with Crippen LogP contribution in [0.3, 0.4) is 0 Å². The third-order valence-corrected chi connectivity index (χ3v) is 2.16. The van der Waals surface area contributed by atoms with Crippen LogP contribution in [0.25, 0.3) is 0 Å². The van der Waals surface area contributed by atoms with Crippen molar-refractivity contribution in [3.8, 4) is 0 Å². The molecule has 0 radical (unpaired) electrons. The van der Waals surface area contributed by atoms with Gasteiger partial charge in [-0.2, -0.15) is 0 Å². The van der Waals surface area contributed by atoms with Crippen molar-refractivity contribution in [1.29, 1.82) is 0 Å². The molecular weight excluding hydrogens is 182 g/mol. The van der Waals surface area contributed by atoms with Crippen molar-refractivity contribution in [3.63, 3.8) is 0 Å². The van der Waals surface area contributed by atoms with E-state index in [0.717, 1.165) is 4.90 Å². The number of hydrogen-bond acceptors (Lipinski definition) is 2. The van der Waals surface area contributed by atoms with Crippen molar-refractivity contribution >= 4 is 24.0 Å². The Kier molecular flexibility index (Phi) is 2.70. The van der Waals surface area contributed by atoms with Crippen molar-refractivity contribution in [3.05, 3.63) is 10.6 Å². The van der Waals surface area contributed by atoms with Crippen LogP contribution in [-0.4, -0.2) is 35.5 Å². The lowest BCUT2D eigenvalue weighted by atomic mass is 10.1. The van der Waals surface area contributed by atoms with E-state index < -0.39 is 6.09 Å². The van der Waals surface area contributed by atoms with Gasteiger partial charge >= 0.3 is 6.09 Å². The van der Waals surface area contributed by atoms with Gasteiger partial charge < -0.3 is 10.0 Å². The van der Waals surface area contributed by atoms with Gasteiger partial charge in [-0.05, 0) is 0 Å². The molecule has 0 bridgehead atoms. The first-order valence-electron chi connectivity index (χ1n) is 3.45. The van der Waals surface area contributed by atoms with E-state index in [1.165, 1.54) is 0 Å². The first kappa shape index (κ1) is 9.06. The summed E-state index contributed by atoms with van der Waals surface area (Å²) in [5.41, 5.74) is 0.366. The number of carboxylic acid groups (broad SMARTS) is 1. The molecule has 0 saturated heterocycles. The molecule has 1 aliphatic heterocycles. The smallest absolute Gasteiger partial charge is 0.407 e. The van der Waals surface area contributed by atoms with E-state index in [4.69, 9.17) is 16.7 Å². The monoisotopic (exact) mass is 189 g/mol. The Morgan fingerprint density at radius 2 is 2.33 bits per heavy atom. The number of nitrogens with zero attached hydrogens (tertiary/aromatic N) is 1. The molecule has 0 aliphatic carbocycles. The number of carbonyl (C=O) groups excluding carboxylic acids is 1. The van der Waals surface area contributed by atoms with Crippen molar-refractivity contribution in [1.82, 2.24) is 4.90 Å². The number of hydrogen-bond donors (Lipinski definition) is 1. The predicted octanol–water partition coefficient (Wildman–Crippen LogP) is 1.06. The van der Waals surface area contributed by atoms with E-state index in [9.17, 15) is 9.59 Å². The maximum atomic E-state index is 10.5. The van der Waals surface area contributed by atoms with Crippen LogP contribution < -0.4 is 0 Å². The number of rotatable bonds is 1. The van der Waals surface area contributed by atoms with Crippen molar-refractivity contribution in [2.75, 3.05) is 13.1 Å². The van der Waals surface area contributed by atoms with E-state index >= 15 is 0 Å². The second kappa shape index (κ2) is 3.58. The van der Waals surface area contributed by atoms with E-state index in [1.54, 1.807) is 0 Å². The standard InChI is InChI=1S/C7H8ClNO3/c8-6-1-2-9(7(11)12)3-5(6)4-10/h4H,1-3H2,(H,11,12). The molecule has 0 atom stereocenters. The second-order valence-corrected chi connectivity index (χ2v) is 2.96. The summed E-state index contributed by atoms with van der Waals surface area (Å²) < 4.78 is 0. The van der Waals surface area contributed by atoms with Crippen LogP contribution in [0.15, 0.2) is 10.6 Å². The molecule has 1 heterocycles. The minimum atomic E-state index is -1.02. The van der Waals surface area contributed by atoms with Gasteiger partial charge in [-0.3, -0.25) is 4.79 Å². The number of amides is 1. The maximum Gasteiger partial charge on any atom is 0.407 e. The number of halogens is 1. The Bertz CT molecular complexity index is 249. The zero-order valence-corrected chi connectivity index (χ0v) is 7.04. The number of aldehydes is 1. The predicted molar refractivity (Wildman–Crippen MR) is 43.2 cm³/mol. The van der Waals surface area contributed by atoms with Crippen LogP contribution in [-0.2, 0) is 4.79 Å². The van der Waals surface area contributed by atoms with Gasteiger partial charge in [-0.15, -0.1) is 0 Å². The van der Waals surface area contributed by atoms with Crippen LogP contribution in [0.2, 0.25) is 0 Å². The molecular formula is C7H8ClNO3. The molecule has 1 N–H and O–H groups in total. The highest BCUT2D eigenvalue weighted by Gasteiger charge is 2.20. The molecule has 66 valence electrons. The van der Waals surface area contributed by atoms with Gasteiger partial charge in [-0.25, -0.2) is 4.79 Å². The van der Waals surface area contributed by atoms with Gasteiger partial charge in [0, 0.05) is 23.6 Å². The number of carbonyl (C=O) groups is 2. The van der Waals surface area contributed by atoms with Crippen molar-refractivity contribution < 1.29 is 14.7 Å². The molecule has 12 heavy (non-hydrogen) atoms. The molecule has 1 aliphatic rings. The molecule has 0 saturated carbocycles. The molecule has 4 nitrogen and oxygen atoms in total. The summed E-state index contributed by atoms with van der Waals surface area (Å²) in [6.45, 7) is 0.475. The fraction of sp³-hybridized carbons (Fsp3) is 0.429. The van der Waals surface area contributed by atoms with Gasteiger partial charge in [-0.1, -0.05) is 11.6 Å². The summed E-state index contributed by atoms with van der Waals surface area (Å²) in [4.78, 5) is 22.0. The average molecular weight is 190 g/mol. The minimum Gasteiger partial charge on any atom is -0.465 e. The topological polar surface area (TPSA) is 57.6 Å². The molecule has 1 rings (SSSR count). The Balaban J connectivity index is 2.74. The van der Waals surface area contributed by atoms with Crippen LogP contribution >= 0.6 is 11.6 Å². The lowest BCUT2D eigenvalue weighted by Crippen LogP contribution is -2.35. The summed E-state index contributed by atoms with van der Waals surface area (Å²) in [7, 11) is 0.